The fraction of sp³-hybridized carbons (Fsp3) is 0.364. The Labute approximate surface area is 169 Å². The first-order valence-electron chi connectivity index (χ1n) is 9.96. The van der Waals surface area contributed by atoms with Crippen LogP contribution in [-0.4, -0.2) is 54.3 Å². The summed E-state index contributed by atoms with van der Waals surface area (Å²) < 4.78 is 0. The monoisotopic (exact) mass is 392 g/mol. The molecule has 0 bridgehead atoms. The molecule has 1 saturated heterocycles. The minimum atomic E-state index is -0.394. The number of nitroso groups, excluding NO2 is 1. The number of anilines is 1. The predicted octanol–water partition coefficient (Wildman–Crippen LogP) is 2.84. The molecule has 2 heterocycles. The summed E-state index contributed by atoms with van der Waals surface area (Å²) in [6, 6.07) is 14.7. The third kappa shape index (κ3) is 4.35. The van der Waals surface area contributed by atoms with E-state index in [-0.39, 0.29) is 11.8 Å². The summed E-state index contributed by atoms with van der Waals surface area (Å²) >= 11 is 0. The first kappa shape index (κ1) is 19.3. The van der Waals surface area contributed by atoms with Gasteiger partial charge in [-0.15, -0.1) is 0 Å². The minimum absolute atomic E-state index is 0.0115. The van der Waals surface area contributed by atoms with E-state index in [9.17, 15) is 14.5 Å². The van der Waals surface area contributed by atoms with E-state index in [1.165, 1.54) is 0 Å². The van der Waals surface area contributed by atoms with Gasteiger partial charge in [0.25, 0.3) is 5.91 Å². The molecular formula is C22H24N4O3. The summed E-state index contributed by atoms with van der Waals surface area (Å²) in [5.74, 6) is 0.0313. The average Bonchev–Trinajstić information content (AvgIpc) is 2.77. The maximum Gasteiger partial charge on any atom is 0.253 e. The molecular weight excluding hydrogens is 368 g/mol. The van der Waals surface area contributed by atoms with Crippen LogP contribution >= 0.6 is 0 Å². The number of hydrogen-bond acceptors (Lipinski definition) is 5. The number of nitrogens with zero attached hydrogens (tertiary/aromatic N) is 3. The van der Waals surface area contributed by atoms with Crippen molar-refractivity contribution < 1.29 is 9.59 Å². The van der Waals surface area contributed by atoms with Crippen LogP contribution in [0.2, 0.25) is 0 Å². The van der Waals surface area contributed by atoms with Crippen molar-refractivity contribution in [3.8, 4) is 0 Å². The lowest BCUT2D eigenvalue weighted by Gasteiger charge is -2.35. The van der Waals surface area contributed by atoms with E-state index in [4.69, 9.17) is 0 Å². The first-order chi connectivity index (χ1) is 14.1. The Morgan fingerprint density at radius 2 is 1.79 bits per heavy atom. The van der Waals surface area contributed by atoms with Gasteiger partial charge in [-0.25, -0.2) is 0 Å². The fourth-order valence-electron chi connectivity index (χ4n) is 3.95. The van der Waals surface area contributed by atoms with Crippen LogP contribution in [0.3, 0.4) is 0 Å². The summed E-state index contributed by atoms with van der Waals surface area (Å²) in [4.78, 5) is 39.7. The largest absolute Gasteiger partial charge is 0.336 e. The van der Waals surface area contributed by atoms with Crippen LogP contribution < -0.4 is 5.32 Å². The zero-order valence-corrected chi connectivity index (χ0v) is 16.2. The second kappa shape index (κ2) is 8.53. The Balaban J connectivity index is 1.35. The lowest BCUT2D eigenvalue weighted by molar-refractivity contribution is -0.116. The van der Waals surface area contributed by atoms with E-state index < -0.39 is 6.04 Å². The molecule has 0 aromatic heterocycles. The molecule has 2 amide bonds. The molecule has 29 heavy (non-hydrogen) atoms. The van der Waals surface area contributed by atoms with Gasteiger partial charge in [-0.3, -0.25) is 14.5 Å². The Morgan fingerprint density at radius 3 is 2.52 bits per heavy atom. The summed E-state index contributed by atoms with van der Waals surface area (Å²) in [6.45, 7) is 3.23. The Hall–Kier alpha value is -3.06. The predicted molar refractivity (Wildman–Crippen MR) is 111 cm³/mol. The fourth-order valence-corrected chi connectivity index (χ4v) is 3.95. The molecule has 2 aromatic carbocycles. The summed E-state index contributed by atoms with van der Waals surface area (Å²) in [5, 5.41) is 6.14. The third-order valence-corrected chi connectivity index (χ3v) is 5.65. The van der Waals surface area contributed by atoms with E-state index >= 15 is 0 Å². The molecule has 150 valence electrons. The molecule has 0 saturated carbocycles. The molecule has 1 fully saturated rings. The van der Waals surface area contributed by atoms with Crippen LogP contribution in [0.4, 0.5) is 5.69 Å². The SMILES string of the molecule is O=NC(CN1CCN(C(=O)c2ccc3c(c2)CCC(=O)N3)CC1)c1ccccc1. The molecule has 2 aliphatic heterocycles. The van der Waals surface area contributed by atoms with Gasteiger partial charge in [0.2, 0.25) is 5.91 Å². The highest BCUT2D eigenvalue weighted by Gasteiger charge is 2.25. The van der Waals surface area contributed by atoms with Crippen molar-refractivity contribution in [1.29, 1.82) is 0 Å². The molecule has 7 heteroatoms. The number of piperazine rings is 1. The van der Waals surface area contributed by atoms with Gasteiger partial charge in [0.05, 0.1) is 0 Å². The summed E-state index contributed by atoms with van der Waals surface area (Å²) in [6.07, 6.45) is 1.12. The van der Waals surface area contributed by atoms with Crippen LogP contribution in [-0.2, 0) is 11.2 Å². The highest BCUT2D eigenvalue weighted by Crippen LogP contribution is 2.25. The van der Waals surface area contributed by atoms with Crippen molar-refractivity contribution in [2.75, 3.05) is 38.0 Å². The van der Waals surface area contributed by atoms with Gasteiger partial charge in [-0.1, -0.05) is 35.5 Å². The van der Waals surface area contributed by atoms with Gasteiger partial charge in [-0.2, -0.15) is 4.91 Å². The number of carbonyl (C=O) groups excluding carboxylic acids is 2. The van der Waals surface area contributed by atoms with Crippen molar-refractivity contribution in [1.82, 2.24) is 9.80 Å². The molecule has 4 rings (SSSR count). The lowest BCUT2D eigenvalue weighted by atomic mass is 10.00. The van der Waals surface area contributed by atoms with Crippen LogP contribution in [0.25, 0.3) is 0 Å². The lowest BCUT2D eigenvalue weighted by Crippen LogP contribution is -2.49. The standard InChI is InChI=1S/C22H24N4O3/c27-21-9-7-17-14-18(6-8-19(17)23-21)22(28)26-12-10-25(11-13-26)15-20(24-29)16-4-2-1-3-5-16/h1-6,8,14,20H,7,9-13,15H2,(H,23,27). The van der Waals surface area contributed by atoms with Gasteiger partial charge in [-0.05, 0) is 35.7 Å². The molecule has 2 aliphatic rings. The van der Waals surface area contributed by atoms with Crippen LogP contribution in [0.1, 0.15) is 33.9 Å². The van der Waals surface area contributed by atoms with Crippen molar-refractivity contribution in [3.05, 3.63) is 70.1 Å². The number of carbonyl (C=O) groups is 2. The van der Waals surface area contributed by atoms with E-state index in [1.54, 1.807) is 6.07 Å². The van der Waals surface area contributed by atoms with E-state index in [1.807, 2.05) is 47.4 Å². The Kier molecular flexibility index (Phi) is 5.67. The number of fused-ring (bicyclic) bond motifs is 1. The second-order valence-corrected chi connectivity index (χ2v) is 7.54. The summed E-state index contributed by atoms with van der Waals surface area (Å²) in [7, 11) is 0. The van der Waals surface area contributed by atoms with E-state index in [2.05, 4.69) is 15.4 Å². The number of amides is 2. The number of nitrogens with one attached hydrogen (secondary N) is 1. The van der Waals surface area contributed by atoms with E-state index in [0.717, 1.165) is 16.8 Å². The Bertz CT molecular complexity index is 908. The molecule has 1 unspecified atom stereocenters. The molecule has 1 atom stereocenters. The topological polar surface area (TPSA) is 82.1 Å². The second-order valence-electron chi connectivity index (χ2n) is 7.54. The van der Waals surface area contributed by atoms with Gasteiger partial charge in [0, 0.05) is 50.4 Å². The van der Waals surface area contributed by atoms with Crippen molar-refractivity contribution in [2.45, 2.75) is 18.9 Å². The van der Waals surface area contributed by atoms with Gasteiger partial charge >= 0.3 is 0 Å². The number of aryl methyl sites for hydroxylation is 1. The number of hydrogen-bond donors (Lipinski definition) is 1. The highest BCUT2D eigenvalue weighted by molar-refractivity contribution is 5.98. The average molecular weight is 392 g/mol. The zero-order valence-electron chi connectivity index (χ0n) is 16.2. The van der Waals surface area contributed by atoms with Gasteiger partial charge in [0.15, 0.2) is 0 Å². The zero-order chi connectivity index (χ0) is 20.2. The maximum absolute atomic E-state index is 12.9. The quantitative estimate of drug-likeness (QED) is 0.794. The van der Waals surface area contributed by atoms with Crippen molar-refractivity contribution >= 4 is 17.5 Å². The van der Waals surface area contributed by atoms with E-state index in [0.29, 0.717) is 51.1 Å². The van der Waals surface area contributed by atoms with Gasteiger partial charge in [0.1, 0.15) is 6.04 Å². The molecule has 0 aliphatic carbocycles. The van der Waals surface area contributed by atoms with Crippen LogP contribution in [0.5, 0.6) is 0 Å². The molecule has 2 aromatic rings. The summed E-state index contributed by atoms with van der Waals surface area (Å²) in [5.41, 5.74) is 3.39. The number of rotatable bonds is 5. The molecule has 7 nitrogen and oxygen atoms in total. The molecule has 1 N–H and O–H groups in total. The van der Waals surface area contributed by atoms with Crippen LogP contribution in [0.15, 0.2) is 53.7 Å². The number of benzene rings is 2. The smallest absolute Gasteiger partial charge is 0.253 e. The molecule has 0 radical (unpaired) electrons. The van der Waals surface area contributed by atoms with Crippen molar-refractivity contribution in [3.63, 3.8) is 0 Å². The van der Waals surface area contributed by atoms with Gasteiger partial charge < -0.3 is 10.2 Å². The van der Waals surface area contributed by atoms with Crippen LogP contribution in [0, 0.1) is 4.91 Å². The first-order valence-corrected chi connectivity index (χ1v) is 9.96. The normalized spacial score (nSPS) is 17.9. The van der Waals surface area contributed by atoms with Crippen molar-refractivity contribution in [2.24, 2.45) is 5.18 Å². The highest BCUT2D eigenvalue weighted by atomic mass is 16.3. The maximum atomic E-state index is 12.9. The minimum Gasteiger partial charge on any atom is -0.336 e. The Morgan fingerprint density at radius 1 is 1.03 bits per heavy atom. The molecule has 0 spiro atoms. The third-order valence-electron chi connectivity index (χ3n) is 5.65.